The lowest BCUT2D eigenvalue weighted by Crippen LogP contribution is -2.41. The third-order valence-corrected chi connectivity index (χ3v) is 5.57. The lowest BCUT2D eigenvalue weighted by atomic mass is 9.78. The van der Waals surface area contributed by atoms with E-state index < -0.39 is 18.3 Å². The molecular formula is C18H26BNO3S. The monoisotopic (exact) mass is 347 g/mol. The van der Waals surface area contributed by atoms with Gasteiger partial charge in [-0.15, -0.1) is 0 Å². The SMILES string of the molecule is CC(=O)SCC(=Cc1c(C)cccc1N)B1OC(C)(C)C(C)(C)O1. The van der Waals surface area contributed by atoms with E-state index in [1.54, 1.807) is 6.92 Å². The van der Waals surface area contributed by atoms with Crippen molar-refractivity contribution in [3.05, 3.63) is 34.8 Å². The van der Waals surface area contributed by atoms with Crippen molar-refractivity contribution in [2.24, 2.45) is 0 Å². The number of nitrogens with two attached hydrogens (primary N) is 1. The zero-order valence-electron chi connectivity index (χ0n) is 15.3. The van der Waals surface area contributed by atoms with E-state index in [1.165, 1.54) is 11.8 Å². The Labute approximate surface area is 149 Å². The van der Waals surface area contributed by atoms with E-state index in [1.807, 2.05) is 58.9 Å². The average molecular weight is 347 g/mol. The largest absolute Gasteiger partial charge is 0.491 e. The highest BCUT2D eigenvalue weighted by Crippen LogP contribution is 2.39. The molecule has 130 valence electrons. The summed E-state index contributed by atoms with van der Waals surface area (Å²) < 4.78 is 12.3. The Hall–Kier alpha value is -1.24. The average Bonchev–Trinajstić information content (AvgIpc) is 2.65. The summed E-state index contributed by atoms with van der Waals surface area (Å²) >= 11 is 1.25. The van der Waals surface area contributed by atoms with Crippen molar-refractivity contribution in [2.75, 3.05) is 11.5 Å². The molecule has 1 aromatic carbocycles. The van der Waals surface area contributed by atoms with E-state index in [-0.39, 0.29) is 5.12 Å². The van der Waals surface area contributed by atoms with Crippen molar-refractivity contribution >= 4 is 35.8 Å². The minimum Gasteiger partial charge on any atom is -0.400 e. The van der Waals surface area contributed by atoms with E-state index in [9.17, 15) is 4.79 Å². The molecule has 0 amide bonds. The van der Waals surface area contributed by atoms with Gasteiger partial charge in [0.25, 0.3) is 0 Å². The van der Waals surface area contributed by atoms with Gasteiger partial charge in [-0.2, -0.15) is 0 Å². The number of carbonyl (C=O) groups is 1. The van der Waals surface area contributed by atoms with E-state index in [4.69, 9.17) is 15.0 Å². The third-order valence-electron chi connectivity index (χ3n) is 4.69. The first-order chi connectivity index (χ1) is 11.0. The molecule has 1 aliphatic heterocycles. The van der Waals surface area contributed by atoms with Crippen LogP contribution in [0.3, 0.4) is 0 Å². The first-order valence-corrected chi connectivity index (χ1v) is 9.06. The first kappa shape index (κ1) is 19.1. The summed E-state index contributed by atoms with van der Waals surface area (Å²) in [5.41, 5.74) is 8.94. The maximum absolute atomic E-state index is 11.4. The van der Waals surface area contributed by atoms with Crippen molar-refractivity contribution in [3.8, 4) is 0 Å². The van der Waals surface area contributed by atoms with E-state index in [0.717, 1.165) is 16.6 Å². The minimum absolute atomic E-state index is 0.0650. The molecule has 6 heteroatoms. The molecule has 1 saturated heterocycles. The minimum atomic E-state index is -0.485. The highest BCUT2D eigenvalue weighted by molar-refractivity contribution is 8.13. The highest BCUT2D eigenvalue weighted by Gasteiger charge is 2.52. The van der Waals surface area contributed by atoms with Gasteiger partial charge in [0.15, 0.2) is 5.12 Å². The number of carbonyl (C=O) groups excluding carboxylic acids is 1. The Kier molecular flexibility index (Phi) is 5.52. The lowest BCUT2D eigenvalue weighted by Gasteiger charge is -2.32. The second-order valence-corrected chi connectivity index (χ2v) is 8.32. The summed E-state index contributed by atoms with van der Waals surface area (Å²) in [6.45, 7) is 11.7. The molecule has 1 aliphatic rings. The Bertz CT molecular complexity index is 634. The molecule has 0 unspecified atom stereocenters. The summed E-state index contributed by atoms with van der Waals surface area (Å²) in [4.78, 5) is 11.4. The second-order valence-electron chi connectivity index (χ2n) is 7.17. The van der Waals surface area contributed by atoms with Crippen LogP contribution in [0.1, 0.15) is 45.7 Å². The van der Waals surface area contributed by atoms with Gasteiger partial charge in [-0.05, 0) is 57.3 Å². The van der Waals surface area contributed by atoms with Crippen molar-refractivity contribution in [1.82, 2.24) is 0 Å². The molecule has 1 aromatic rings. The number of anilines is 1. The fourth-order valence-electron chi connectivity index (χ4n) is 2.44. The number of thioether (sulfide) groups is 1. The number of hydrogen-bond acceptors (Lipinski definition) is 5. The summed E-state index contributed by atoms with van der Waals surface area (Å²) in [5.74, 6) is 0.514. The van der Waals surface area contributed by atoms with Crippen LogP contribution in [0, 0.1) is 6.92 Å². The lowest BCUT2D eigenvalue weighted by molar-refractivity contribution is -0.109. The fourth-order valence-corrected chi connectivity index (χ4v) is 3.03. The van der Waals surface area contributed by atoms with E-state index >= 15 is 0 Å². The first-order valence-electron chi connectivity index (χ1n) is 8.08. The molecule has 0 radical (unpaired) electrons. The van der Waals surface area contributed by atoms with Crippen LogP contribution in [0.5, 0.6) is 0 Å². The molecule has 2 N–H and O–H groups in total. The molecule has 0 atom stereocenters. The normalized spacial score (nSPS) is 19.6. The smallest absolute Gasteiger partial charge is 0.400 e. The predicted molar refractivity (Wildman–Crippen MR) is 103 cm³/mol. The molecule has 0 saturated carbocycles. The van der Waals surface area contributed by atoms with Crippen molar-refractivity contribution < 1.29 is 14.1 Å². The van der Waals surface area contributed by atoms with Crippen LogP contribution >= 0.6 is 11.8 Å². The van der Waals surface area contributed by atoms with Crippen molar-refractivity contribution in [3.63, 3.8) is 0 Å². The second kappa shape index (κ2) is 6.94. The van der Waals surface area contributed by atoms with Gasteiger partial charge in [-0.25, -0.2) is 0 Å². The maximum Gasteiger partial charge on any atom is 0.491 e. The molecular weight excluding hydrogens is 321 g/mol. The van der Waals surface area contributed by atoms with Gasteiger partial charge in [0.05, 0.1) is 11.2 Å². The standard InChI is InChI=1S/C18H26BNO3S/c1-12-8-7-9-16(20)15(12)10-14(11-24-13(2)21)19-22-17(3,4)18(5,6)23-19/h7-10H,11,20H2,1-6H3. The van der Waals surface area contributed by atoms with Gasteiger partial charge in [-0.3, -0.25) is 4.79 Å². The van der Waals surface area contributed by atoms with Crippen LogP contribution in [0.25, 0.3) is 6.08 Å². The van der Waals surface area contributed by atoms with Crippen LogP contribution in [-0.4, -0.2) is 29.2 Å². The number of nitrogen functional groups attached to an aromatic ring is 1. The highest BCUT2D eigenvalue weighted by atomic mass is 32.2. The van der Waals surface area contributed by atoms with Gasteiger partial charge in [0.1, 0.15) is 0 Å². The molecule has 0 aromatic heterocycles. The van der Waals surface area contributed by atoms with Gasteiger partial charge >= 0.3 is 7.12 Å². The summed E-state index contributed by atoms with van der Waals surface area (Å²) in [5, 5.41) is 0.0650. The van der Waals surface area contributed by atoms with Crippen LogP contribution in [0.2, 0.25) is 0 Å². The Morgan fingerprint density at radius 1 is 1.25 bits per heavy atom. The Morgan fingerprint density at radius 3 is 2.33 bits per heavy atom. The summed E-state index contributed by atoms with van der Waals surface area (Å²) in [6.07, 6.45) is 2.00. The van der Waals surface area contributed by atoms with Crippen molar-refractivity contribution in [1.29, 1.82) is 0 Å². The molecule has 0 spiro atoms. The van der Waals surface area contributed by atoms with Gasteiger partial charge in [0.2, 0.25) is 0 Å². The van der Waals surface area contributed by atoms with Gasteiger partial charge in [-0.1, -0.05) is 30.0 Å². The van der Waals surface area contributed by atoms with E-state index in [0.29, 0.717) is 11.4 Å². The molecule has 4 nitrogen and oxygen atoms in total. The number of aryl methyl sites for hydroxylation is 1. The van der Waals surface area contributed by atoms with Crippen LogP contribution in [0.15, 0.2) is 23.7 Å². The summed E-state index contributed by atoms with van der Waals surface area (Å²) in [7, 11) is -0.485. The van der Waals surface area contributed by atoms with Crippen molar-refractivity contribution in [2.45, 2.75) is 52.7 Å². The van der Waals surface area contributed by atoms with Gasteiger partial charge < -0.3 is 15.0 Å². The fraction of sp³-hybridized carbons (Fsp3) is 0.500. The molecule has 24 heavy (non-hydrogen) atoms. The Balaban J connectivity index is 2.39. The van der Waals surface area contributed by atoms with Gasteiger partial charge in [0, 0.05) is 18.4 Å². The zero-order valence-corrected chi connectivity index (χ0v) is 16.1. The molecule has 0 bridgehead atoms. The zero-order chi connectivity index (χ0) is 18.1. The topological polar surface area (TPSA) is 61.6 Å². The quantitative estimate of drug-likeness (QED) is 0.662. The molecule has 1 fully saturated rings. The Morgan fingerprint density at radius 2 is 1.83 bits per heavy atom. The number of hydrogen-bond donors (Lipinski definition) is 1. The summed E-state index contributed by atoms with van der Waals surface area (Å²) in [6, 6.07) is 5.82. The molecule has 0 aliphatic carbocycles. The predicted octanol–water partition coefficient (Wildman–Crippen LogP) is 3.87. The van der Waals surface area contributed by atoms with Crippen LogP contribution < -0.4 is 5.73 Å². The number of rotatable bonds is 4. The van der Waals surface area contributed by atoms with Crippen LogP contribution in [0.4, 0.5) is 5.69 Å². The molecule has 1 heterocycles. The maximum atomic E-state index is 11.4. The third kappa shape index (κ3) is 4.05. The van der Waals surface area contributed by atoms with E-state index in [2.05, 4.69) is 0 Å². The van der Waals surface area contributed by atoms with Crippen LogP contribution in [-0.2, 0) is 14.1 Å². The molecule has 2 rings (SSSR count). The number of benzene rings is 1.